The zero-order valence-corrected chi connectivity index (χ0v) is 15.1. The lowest BCUT2D eigenvalue weighted by molar-refractivity contribution is -0.115. The lowest BCUT2D eigenvalue weighted by Crippen LogP contribution is -2.25. The molecule has 4 nitrogen and oxygen atoms in total. The fourth-order valence-electron chi connectivity index (χ4n) is 1.92. The van der Waals surface area contributed by atoms with E-state index in [0.717, 1.165) is 11.3 Å². The van der Waals surface area contributed by atoms with Crippen LogP contribution in [0.1, 0.15) is 12.5 Å². The van der Waals surface area contributed by atoms with Crippen LogP contribution in [0.3, 0.4) is 0 Å². The third-order valence-electron chi connectivity index (χ3n) is 3.26. The van der Waals surface area contributed by atoms with Gasteiger partial charge in [0.2, 0.25) is 11.8 Å². The van der Waals surface area contributed by atoms with Crippen LogP contribution in [-0.4, -0.2) is 22.8 Å². The van der Waals surface area contributed by atoms with E-state index >= 15 is 0 Å². The molecule has 2 amide bonds. The Balaban J connectivity index is 1.79. The van der Waals surface area contributed by atoms with Crippen LogP contribution in [0, 0.1) is 6.92 Å². The van der Waals surface area contributed by atoms with Crippen LogP contribution < -0.4 is 10.6 Å². The lowest BCUT2D eigenvalue weighted by Gasteiger charge is -2.12. The average molecular weight is 363 g/mol. The van der Waals surface area contributed by atoms with Gasteiger partial charge >= 0.3 is 0 Å². The standard InChI is InChI=1S/C18H19ClN2O2S/c1-12-6-8-15(9-7-12)20-17(22)11-24-13(2)18(23)21-16-5-3-4-14(19)10-16/h3-10,13H,11H2,1-2H3,(H,20,22)(H,21,23)/t13-/m0/s1. The van der Waals surface area contributed by atoms with Gasteiger partial charge in [-0.2, -0.15) is 0 Å². The van der Waals surface area contributed by atoms with E-state index in [1.54, 1.807) is 31.2 Å². The molecule has 126 valence electrons. The Labute approximate surface area is 151 Å². The predicted octanol–water partition coefficient (Wildman–Crippen LogP) is 4.35. The topological polar surface area (TPSA) is 58.2 Å². The molecule has 0 aliphatic rings. The van der Waals surface area contributed by atoms with Crippen molar-refractivity contribution in [1.29, 1.82) is 0 Å². The van der Waals surface area contributed by atoms with Gasteiger partial charge in [0.25, 0.3) is 0 Å². The molecule has 2 aromatic carbocycles. The number of hydrogen-bond acceptors (Lipinski definition) is 3. The van der Waals surface area contributed by atoms with Gasteiger partial charge < -0.3 is 10.6 Å². The van der Waals surface area contributed by atoms with Gasteiger partial charge in [-0.3, -0.25) is 9.59 Å². The Morgan fingerprint density at radius 3 is 2.46 bits per heavy atom. The smallest absolute Gasteiger partial charge is 0.237 e. The first-order valence-corrected chi connectivity index (χ1v) is 8.91. The van der Waals surface area contributed by atoms with E-state index in [0.29, 0.717) is 10.7 Å². The summed E-state index contributed by atoms with van der Waals surface area (Å²) >= 11 is 7.17. The Kier molecular flexibility index (Phi) is 6.70. The molecule has 0 fully saturated rings. The molecule has 0 heterocycles. The SMILES string of the molecule is Cc1ccc(NC(=O)CS[C@@H](C)C(=O)Nc2cccc(Cl)c2)cc1. The van der Waals surface area contributed by atoms with E-state index in [-0.39, 0.29) is 22.8 Å². The van der Waals surface area contributed by atoms with Gasteiger partial charge in [0.15, 0.2) is 0 Å². The molecule has 2 N–H and O–H groups in total. The molecule has 0 unspecified atom stereocenters. The number of anilines is 2. The number of nitrogens with one attached hydrogen (secondary N) is 2. The Bertz CT molecular complexity index is 719. The molecule has 0 radical (unpaired) electrons. The van der Waals surface area contributed by atoms with Gasteiger partial charge in [0.05, 0.1) is 11.0 Å². The molecule has 1 atom stereocenters. The van der Waals surface area contributed by atoms with Crippen molar-refractivity contribution in [2.24, 2.45) is 0 Å². The fourth-order valence-corrected chi connectivity index (χ4v) is 2.79. The molecule has 6 heteroatoms. The van der Waals surface area contributed by atoms with Gasteiger partial charge in [-0.1, -0.05) is 35.4 Å². The van der Waals surface area contributed by atoms with Crippen molar-refractivity contribution in [2.45, 2.75) is 19.1 Å². The molecule has 0 bridgehead atoms. The number of amides is 2. The number of carbonyl (C=O) groups is 2. The third-order valence-corrected chi connectivity index (χ3v) is 4.64. The van der Waals surface area contributed by atoms with Crippen molar-refractivity contribution < 1.29 is 9.59 Å². The minimum atomic E-state index is -0.354. The number of rotatable bonds is 6. The Morgan fingerprint density at radius 1 is 1.08 bits per heavy atom. The Hall–Kier alpha value is -1.98. The van der Waals surface area contributed by atoms with Crippen LogP contribution in [0.4, 0.5) is 11.4 Å². The second-order valence-electron chi connectivity index (χ2n) is 5.37. The molecule has 0 aromatic heterocycles. The molecule has 0 aliphatic carbocycles. The maximum atomic E-state index is 12.1. The maximum Gasteiger partial charge on any atom is 0.237 e. The quantitative estimate of drug-likeness (QED) is 0.803. The number of hydrogen-bond donors (Lipinski definition) is 2. The zero-order chi connectivity index (χ0) is 17.5. The molecule has 0 spiro atoms. The lowest BCUT2D eigenvalue weighted by atomic mass is 10.2. The van der Waals surface area contributed by atoms with Crippen molar-refractivity contribution >= 4 is 46.6 Å². The van der Waals surface area contributed by atoms with Gasteiger partial charge in [-0.15, -0.1) is 11.8 Å². The van der Waals surface area contributed by atoms with Crippen LogP contribution in [0.15, 0.2) is 48.5 Å². The highest BCUT2D eigenvalue weighted by Crippen LogP contribution is 2.18. The highest BCUT2D eigenvalue weighted by atomic mass is 35.5. The van der Waals surface area contributed by atoms with E-state index in [4.69, 9.17) is 11.6 Å². The van der Waals surface area contributed by atoms with Crippen LogP contribution in [0.25, 0.3) is 0 Å². The predicted molar refractivity (Wildman–Crippen MR) is 102 cm³/mol. The highest BCUT2D eigenvalue weighted by molar-refractivity contribution is 8.01. The monoisotopic (exact) mass is 362 g/mol. The van der Waals surface area contributed by atoms with E-state index < -0.39 is 0 Å². The first kappa shape index (κ1) is 18.4. The van der Waals surface area contributed by atoms with Gasteiger partial charge in [-0.25, -0.2) is 0 Å². The average Bonchev–Trinajstić information content (AvgIpc) is 2.54. The van der Waals surface area contributed by atoms with Gasteiger partial charge in [0, 0.05) is 16.4 Å². The van der Waals surface area contributed by atoms with Crippen molar-refractivity contribution in [3.8, 4) is 0 Å². The van der Waals surface area contributed by atoms with Crippen LogP contribution in [0.2, 0.25) is 5.02 Å². The molecule has 0 saturated heterocycles. The Morgan fingerprint density at radius 2 is 1.79 bits per heavy atom. The maximum absolute atomic E-state index is 12.1. The summed E-state index contributed by atoms with van der Waals surface area (Å²) in [5.74, 6) is -0.0884. The molecule has 0 saturated carbocycles. The summed E-state index contributed by atoms with van der Waals surface area (Å²) in [6, 6.07) is 14.5. The van der Waals surface area contributed by atoms with E-state index in [9.17, 15) is 9.59 Å². The van der Waals surface area contributed by atoms with Gasteiger partial charge in [-0.05, 0) is 44.2 Å². The summed E-state index contributed by atoms with van der Waals surface area (Å²) in [5.41, 5.74) is 2.53. The van der Waals surface area contributed by atoms with Crippen LogP contribution in [-0.2, 0) is 9.59 Å². The molecule has 0 aliphatic heterocycles. The summed E-state index contributed by atoms with van der Waals surface area (Å²) in [5, 5.41) is 5.80. The van der Waals surface area contributed by atoms with Crippen molar-refractivity contribution in [1.82, 2.24) is 0 Å². The van der Waals surface area contributed by atoms with Crippen molar-refractivity contribution in [2.75, 3.05) is 16.4 Å². The first-order valence-electron chi connectivity index (χ1n) is 7.48. The van der Waals surface area contributed by atoms with Gasteiger partial charge in [0.1, 0.15) is 0 Å². The normalized spacial score (nSPS) is 11.6. The number of halogens is 1. The molecular formula is C18H19ClN2O2S. The van der Waals surface area contributed by atoms with Crippen molar-refractivity contribution in [3.05, 3.63) is 59.1 Å². The summed E-state index contributed by atoms with van der Waals surface area (Å²) in [4.78, 5) is 24.1. The fraction of sp³-hybridized carbons (Fsp3) is 0.222. The van der Waals surface area contributed by atoms with E-state index in [1.807, 2.05) is 31.2 Å². The minimum absolute atomic E-state index is 0.133. The second-order valence-corrected chi connectivity index (χ2v) is 7.13. The largest absolute Gasteiger partial charge is 0.325 e. The summed E-state index contributed by atoms with van der Waals surface area (Å²) < 4.78 is 0. The minimum Gasteiger partial charge on any atom is -0.325 e. The van der Waals surface area contributed by atoms with E-state index in [2.05, 4.69) is 10.6 Å². The second kappa shape index (κ2) is 8.76. The number of carbonyl (C=O) groups excluding carboxylic acids is 2. The molecular weight excluding hydrogens is 344 g/mol. The number of thioether (sulfide) groups is 1. The number of aryl methyl sites for hydroxylation is 1. The molecule has 24 heavy (non-hydrogen) atoms. The first-order chi connectivity index (χ1) is 11.4. The zero-order valence-electron chi connectivity index (χ0n) is 13.5. The number of benzene rings is 2. The third kappa shape index (κ3) is 5.91. The summed E-state index contributed by atoms with van der Waals surface area (Å²) in [7, 11) is 0. The molecule has 2 aromatic rings. The van der Waals surface area contributed by atoms with E-state index in [1.165, 1.54) is 11.8 Å². The molecule has 2 rings (SSSR count). The van der Waals surface area contributed by atoms with Crippen LogP contribution in [0.5, 0.6) is 0 Å². The van der Waals surface area contributed by atoms with Crippen molar-refractivity contribution in [3.63, 3.8) is 0 Å². The van der Waals surface area contributed by atoms with Crippen LogP contribution >= 0.6 is 23.4 Å². The highest BCUT2D eigenvalue weighted by Gasteiger charge is 2.15. The summed E-state index contributed by atoms with van der Waals surface area (Å²) in [6.45, 7) is 3.76. The summed E-state index contributed by atoms with van der Waals surface area (Å²) in [6.07, 6.45) is 0.